The van der Waals surface area contributed by atoms with E-state index < -0.39 is 0 Å². The molecule has 4 fully saturated rings. The Labute approximate surface area is 187 Å². The lowest BCUT2D eigenvalue weighted by molar-refractivity contribution is -0.139. The number of urea groups is 1. The van der Waals surface area contributed by atoms with E-state index >= 15 is 0 Å². The van der Waals surface area contributed by atoms with Crippen LogP contribution in [-0.4, -0.2) is 79.3 Å². The number of carbonyl (C=O) groups excluding carboxylic acids is 2. The lowest BCUT2D eigenvalue weighted by atomic mass is 9.99. The van der Waals surface area contributed by atoms with Gasteiger partial charge in [-0.15, -0.1) is 0 Å². The number of nitrogens with zero attached hydrogens (tertiary/aromatic N) is 3. The third-order valence-corrected chi connectivity index (χ3v) is 8.17. The van der Waals surface area contributed by atoms with Gasteiger partial charge in [0.1, 0.15) is 6.61 Å². The molecule has 6 rings (SSSR count). The van der Waals surface area contributed by atoms with E-state index in [9.17, 15) is 9.59 Å². The van der Waals surface area contributed by atoms with Gasteiger partial charge in [0.05, 0.1) is 12.1 Å². The summed E-state index contributed by atoms with van der Waals surface area (Å²) < 4.78 is 5.62. The standard InChI is InChI=1S/C23H29ClN4O3/c24-15-1-2-19-17(11-15)23(6-7-23)14-28(19)16-3-8-26(9-4-16)22(30)27-10-5-20-18(12-27)25-21(29)13-31-20/h1-2,11,16,18,20H,3-10,12-14H2,(H,25,29)/t18-,20+/m1/s1. The highest BCUT2D eigenvalue weighted by Gasteiger charge is 2.53. The first-order valence-corrected chi connectivity index (χ1v) is 11.9. The van der Waals surface area contributed by atoms with Gasteiger partial charge in [0, 0.05) is 54.9 Å². The molecule has 1 aromatic carbocycles. The van der Waals surface area contributed by atoms with Crippen molar-refractivity contribution in [3.05, 3.63) is 28.8 Å². The Morgan fingerprint density at radius 3 is 2.68 bits per heavy atom. The van der Waals surface area contributed by atoms with Gasteiger partial charge in [0.2, 0.25) is 5.91 Å². The number of anilines is 1. The van der Waals surface area contributed by atoms with Crippen LogP contribution < -0.4 is 10.2 Å². The lowest BCUT2D eigenvalue weighted by Gasteiger charge is -2.44. The molecule has 7 nitrogen and oxygen atoms in total. The Kier molecular flexibility index (Phi) is 4.62. The third kappa shape index (κ3) is 3.37. The molecule has 1 spiro atoms. The van der Waals surface area contributed by atoms with E-state index in [2.05, 4.69) is 22.3 Å². The molecule has 31 heavy (non-hydrogen) atoms. The molecule has 4 heterocycles. The molecule has 4 aliphatic heterocycles. The Morgan fingerprint density at radius 1 is 1.13 bits per heavy atom. The van der Waals surface area contributed by atoms with Crippen molar-refractivity contribution >= 4 is 29.2 Å². The highest BCUT2D eigenvalue weighted by molar-refractivity contribution is 6.30. The van der Waals surface area contributed by atoms with Crippen molar-refractivity contribution in [2.75, 3.05) is 44.2 Å². The monoisotopic (exact) mass is 444 g/mol. The second kappa shape index (κ2) is 7.27. The summed E-state index contributed by atoms with van der Waals surface area (Å²) in [6.45, 7) is 4.02. The summed E-state index contributed by atoms with van der Waals surface area (Å²) in [6.07, 6.45) is 5.30. The molecule has 5 aliphatic rings. The third-order valence-electron chi connectivity index (χ3n) is 7.94. The number of hydrogen-bond donors (Lipinski definition) is 1. The highest BCUT2D eigenvalue weighted by atomic mass is 35.5. The summed E-state index contributed by atoms with van der Waals surface area (Å²) in [6, 6.07) is 6.85. The largest absolute Gasteiger partial charge is 0.367 e. The normalized spacial score (nSPS) is 29.6. The number of ether oxygens (including phenoxy) is 1. The van der Waals surface area contributed by atoms with Crippen molar-refractivity contribution in [3.8, 4) is 0 Å². The number of piperidine rings is 2. The van der Waals surface area contributed by atoms with E-state index in [1.165, 1.54) is 24.1 Å². The van der Waals surface area contributed by atoms with Crippen LogP contribution in [0, 0.1) is 0 Å². The number of morpholine rings is 1. The van der Waals surface area contributed by atoms with Crippen molar-refractivity contribution in [1.29, 1.82) is 0 Å². The zero-order valence-corrected chi connectivity index (χ0v) is 18.4. The van der Waals surface area contributed by atoms with Crippen LogP contribution in [0.3, 0.4) is 0 Å². The van der Waals surface area contributed by atoms with Gasteiger partial charge in [-0.2, -0.15) is 0 Å². The van der Waals surface area contributed by atoms with Crippen molar-refractivity contribution in [3.63, 3.8) is 0 Å². The van der Waals surface area contributed by atoms with Crippen LogP contribution in [-0.2, 0) is 14.9 Å². The first-order chi connectivity index (χ1) is 15.0. The van der Waals surface area contributed by atoms with E-state index in [1.54, 1.807) is 0 Å². The maximum Gasteiger partial charge on any atom is 0.320 e. The Morgan fingerprint density at radius 2 is 1.90 bits per heavy atom. The fraction of sp³-hybridized carbons (Fsp3) is 0.652. The number of fused-ring (bicyclic) bond motifs is 3. The zero-order chi connectivity index (χ0) is 21.2. The van der Waals surface area contributed by atoms with Gasteiger partial charge >= 0.3 is 6.03 Å². The Balaban J connectivity index is 1.09. The number of halogens is 1. The molecule has 1 aliphatic carbocycles. The molecule has 0 radical (unpaired) electrons. The molecule has 3 amide bonds. The molecule has 1 aromatic rings. The van der Waals surface area contributed by atoms with E-state index in [-0.39, 0.29) is 30.7 Å². The molecule has 0 aromatic heterocycles. The summed E-state index contributed by atoms with van der Waals surface area (Å²) >= 11 is 6.29. The summed E-state index contributed by atoms with van der Waals surface area (Å²) in [7, 11) is 0. The van der Waals surface area contributed by atoms with Crippen molar-refractivity contribution < 1.29 is 14.3 Å². The van der Waals surface area contributed by atoms with E-state index in [0.29, 0.717) is 24.5 Å². The second-order valence-electron chi connectivity index (χ2n) is 9.83. The fourth-order valence-corrected chi connectivity index (χ4v) is 6.20. The molecule has 3 saturated heterocycles. The summed E-state index contributed by atoms with van der Waals surface area (Å²) in [5.74, 6) is -0.0861. The summed E-state index contributed by atoms with van der Waals surface area (Å²) in [4.78, 5) is 31.3. The molecule has 8 heteroatoms. The number of amides is 3. The topological polar surface area (TPSA) is 65.1 Å². The molecule has 2 atom stereocenters. The minimum atomic E-state index is -0.0861. The number of rotatable bonds is 1. The van der Waals surface area contributed by atoms with Gasteiger partial charge in [-0.25, -0.2) is 4.79 Å². The molecular formula is C23H29ClN4O3. The summed E-state index contributed by atoms with van der Waals surface area (Å²) in [5, 5.41) is 3.81. The van der Waals surface area contributed by atoms with Crippen molar-refractivity contribution in [2.24, 2.45) is 0 Å². The first kappa shape index (κ1) is 19.7. The second-order valence-corrected chi connectivity index (χ2v) is 10.3. The van der Waals surface area contributed by atoms with Crippen LogP contribution in [0.25, 0.3) is 0 Å². The fourth-order valence-electron chi connectivity index (χ4n) is 6.03. The van der Waals surface area contributed by atoms with Crippen molar-refractivity contribution in [2.45, 2.75) is 55.7 Å². The van der Waals surface area contributed by atoms with E-state index in [1.807, 2.05) is 15.9 Å². The smallest absolute Gasteiger partial charge is 0.320 e. The van der Waals surface area contributed by atoms with E-state index in [4.69, 9.17) is 16.3 Å². The van der Waals surface area contributed by atoms with Crippen LogP contribution >= 0.6 is 11.6 Å². The average Bonchev–Trinajstić information content (AvgIpc) is 3.50. The molecule has 1 N–H and O–H groups in total. The molecule has 166 valence electrons. The first-order valence-electron chi connectivity index (χ1n) is 11.5. The van der Waals surface area contributed by atoms with Crippen LogP contribution in [0.2, 0.25) is 5.02 Å². The quantitative estimate of drug-likeness (QED) is 0.722. The predicted molar refractivity (Wildman–Crippen MR) is 118 cm³/mol. The molecule has 0 bridgehead atoms. The highest BCUT2D eigenvalue weighted by Crippen LogP contribution is 2.57. The number of likely N-dealkylation sites (tertiary alicyclic amines) is 2. The van der Waals surface area contributed by atoms with Gasteiger partial charge in [-0.05, 0) is 55.9 Å². The van der Waals surface area contributed by atoms with Gasteiger partial charge in [0.15, 0.2) is 0 Å². The van der Waals surface area contributed by atoms with E-state index in [0.717, 1.165) is 43.9 Å². The maximum absolute atomic E-state index is 13.2. The zero-order valence-electron chi connectivity index (χ0n) is 17.7. The van der Waals surface area contributed by atoms with Gasteiger partial charge in [-0.1, -0.05) is 11.6 Å². The number of hydrogen-bond acceptors (Lipinski definition) is 4. The molecular weight excluding hydrogens is 416 g/mol. The maximum atomic E-state index is 13.2. The average molecular weight is 445 g/mol. The van der Waals surface area contributed by atoms with Gasteiger partial charge in [-0.3, -0.25) is 4.79 Å². The van der Waals surface area contributed by atoms with Crippen LogP contribution in [0.4, 0.5) is 10.5 Å². The SMILES string of the molecule is O=C1CO[C@H]2CCN(C(=O)N3CCC(N4CC5(CC5)c5cc(Cl)ccc54)CC3)C[C@H]2N1. The molecule has 1 saturated carbocycles. The minimum absolute atomic E-state index is 0.0333. The number of nitrogens with one attached hydrogen (secondary N) is 1. The van der Waals surface area contributed by atoms with Crippen LogP contribution in [0.5, 0.6) is 0 Å². The Bertz CT molecular complexity index is 912. The van der Waals surface area contributed by atoms with Crippen LogP contribution in [0.1, 0.15) is 37.7 Å². The molecule has 0 unspecified atom stereocenters. The van der Waals surface area contributed by atoms with Crippen molar-refractivity contribution in [1.82, 2.24) is 15.1 Å². The number of benzene rings is 1. The summed E-state index contributed by atoms with van der Waals surface area (Å²) in [5.41, 5.74) is 3.10. The Hall–Kier alpha value is -1.99. The predicted octanol–water partition coefficient (Wildman–Crippen LogP) is 2.37. The lowest BCUT2D eigenvalue weighted by Crippen LogP contribution is -2.62. The van der Waals surface area contributed by atoms with Gasteiger partial charge in [0.25, 0.3) is 0 Å². The van der Waals surface area contributed by atoms with Gasteiger partial charge < -0.3 is 24.8 Å². The number of carbonyl (C=O) groups is 2. The minimum Gasteiger partial charge on any atom is -0.367 e. The van der Waals surface area contributed by atoms with Crippen LogP contribution in [0.15, 0.2) is 18.2 Å².